The van der Waals surface area contributed by atoms with Crippen LogP contribution >= 0.6 is 23.2 Å². The summed E-state index contributed by atoms with van der Waals surface area (Å²) in [6, 6.07) is 0. The second kappa shape index (κ2) is 4.63. The van der Waals surface area contributed by atoms with Gasteiger partial charge in [-0.25, -0.2) is 19.4 Å². The molecular formula is C8H4Cl2O6. The van der Waals surface area contributed by atoms with Crippen molar-refractivity contribution in [2.24, 2.45) is 5.92 Å². The zero-order valence-electron chi connectivity index (χ0n) is 7.78. The number of carbonyl (C=O) groups excluding carboxylic acids is 4. The first-order valence-electron chi connectivity index (χ1n) is 3.89. The van der Waals surface area contributed by atoms with Gasteiger partial charge in [-0.2, -0.15) is 0 Å². The largest absolute Gasteiger partial charge is 0.374 e. The van der Waals surface area contributed by atoms with Crippen molar-refractivity contribution >= 4 is 46.7 Å². The quantitative estimate of drug-likeness (QED) is 0.390. The molecule has 0 bridgehead atoms. The van der Waals surface area contributed by atoms with E-state index in [0.717, 1.165) is 6.92 Å². The minimum atomic E-state index is -1.79. The third-order valence-corrected chi connectivity index (χ3v) is 2.47. The SMILES string of the molecule is CC(=O)OOC(=O)C1C(=O)C(Cl)=C(Cl)C1=O. The molecule has 16 heavy (non-hydrogen) atoms. The Morgan fingerprint density at radius 2 is 1.50 bits per heavy atom. The van der Waals surface area contributed by atoms with E-state index in [0.29, 0.717) is 0 Å². The topological polar surface area (TPSA) is 86.7 Å². The molecule has 6 nitrogen and oxygen atoms in total. The number of halogens is 2. The van der Waals surface area contributed by atoms with Crippen LogP contribution in [0, 0.1) is 5.92 Å². The van der Waals surface area contributed by atoms with Gasteiger partial charge in [-0.15, -0.1) is 0 Å². The van der Waals surface area contributed by atoms with Crippen molar-refractivity contribution in [3.63, 3.8) is 0 Å². The molecule has 0 saturated carbocycles. The third-order valence-electron chi connectivity index (χ3n) is 1.63. The normalized spacial score (nSPS) is 16.7. The standard InChI is InChI=1S/C8H4Cl2O6/c1-2(11)15-16-8(14)3-6(12)4(9)5(10)7(3)13/h3H,1H3. The van der Waals surface area contributed by atoms with E-state index in [-0.39, 0.29) is 0 Å². The van der Waals surface area contributed by atoms with Crippen LogP contribution in [0.25, 0.3) is 0 Å². The Labute approximate surface area is 99.0 Å². The fourth-order valence-corrected chi connectivity index (χ4v) is 1.36. The second-order valence-corrected chi connectivity index (χ2v) is 3.52. The first-order chi connectivity index (χ1) is 7.36. The van der Waals surface area contributed by atoms with Gasteiger partial charge in [0.1, 0.15) is 10.1 Å². The summed E-state index contributed by atoms with van der Waals surface area (Å²) < 4.78 is 0. The van der Waals surface area contributed by atoms with Crippen molar-refractivity contribution in [3.05, 3.63) is 10.1 Å². The zero-order chi connectivity index (χ0) is 12.5. The van der Waals surface area contributed by atoms with Crippen LogP contribution < -0.4 is 0 Å². The molecule has 0 aliphatic heterocycles. The Bertz CT molecular complexity index is 400. The maximum atomic E-state index is 11.3. The average molecular weight is 267 g/mol. The monoisotopic (exact) mass is 266 g/mol. The highest BCUT2D eigenvalue weighted by atomic mass is 35.5. The Morgan fingerprint density at radius 1 is 1.06 bits per heavy atom. The highest BCUT2D eigenvalue weighted by Crippen LogP contribution is 2.30. The molecule has 0 aromatic carbocycles. The number of hydrogen-bond acceptors (Lipinski definition) is 6. The molecule has 0 atom stereocenters. The van der Waals surface area contributed by atoms with Gasteiger partial charge < -0.3 is 0 Å². The Morgan fingerprint density at radius 3 is 1.88 bits per heavy atom. The van der Waals surface area contributed by atoms with Crippen molar-refractivity contribution < 1.29 is 29.0 Å². The molecule has 0 radical (unpaired) electrons. The summed E-state index contributed by atoms with van der Waals surface area (Å²) in [4.78, 5) is 51.9. The van der Waals surface area contributed by atoms with E-state index in [9.17, 15) is 19.2 Å². The molecule has 0 saturated heterocycles. The minimum absolute atomic E-state index is 0.531. The molecule has 1 rings (SSSR count). The summed E-state index contributed by atoms with van der Waals surface area (Å²) in [5, 5.41) is -1.06. The lowest BCUT2D eigenvalue weighted by molar-refractivity contribution is -0.259. The molecule has 0 spiro atoms. The number of Topliss-reactive ketones (excluding diaryl/α,β-unsaturated/α-hetero) is 2. The van der Waals surface area contributed by atoms with E-state index < -0.39 is 39.5 Å². The van der Waals surface area contributed by atoms with E-state index in [1.165, 1.54) is 0 Å². The lowest BCUT2D eigenvalue weighted by Gasteiger charge is -2.04. The van der Waals surface area contributed by atoms with E-state index in [2.05, 4.69) is 9.78 Å². The maximum Gasteiger partial charge on any atom is 0.374 e. The lowest BCUT2D eigenvalue weighted by Crippen LogP contribution is -2.29. The van der Waals surface area contributed by atoms with Gasteiger partial charge in [0, 0.05) is 6.92 Å². The molecule has 0 amide bonds. The van der Waals surface area contributed by atoms with Crippen LogP contribution in [-0.4, -0.2) is 23.5 Å². The average Bonchev–Trinajstić information content (AvgIpc) is 2.40. The van der Waals surface area contributed by atoms with Crippen molar-refractivity contribution in [3.8, 4) is 0 Å². The first-order valence-corrected chi connectivity index (χ1v) is 4.64. The first kappa shape index (κ1) is 12.7. The van der Waals surface area contributed by atoms with Crippen molar-refractivity contribution in [1.29, 1.82) is 0 Å². The number of rotatable bonds is 1. The van der Waals surface area contributed by atoms with Crippen molar-refractivity contribution in [1.82, 2.24) is 0 Å². The summed E-state index contributed by atoms with van der Waals surface area (Å²) in [5.74, 6) is -5.99. The molecule has 0 aromatic rings. The van der Waals surface area contributed by atoms with Gasteiger partial charge in [0.25, 0.3) is 0 Å². The van der Waals surface area contributed by atoms with E-state index >= 15 is 0 Å². The molecular weight excluding hydrogens is 263 g/mol. The predicted molar refractivity (Wildman–Crippen MR) is 50.1 cm³/mol. The van der Waals surface area contributed by atoms with Crippen molar-refractivity contribution in [2.45, 2.75) is 6.92 Å². The molecule has 1 aliphatic rings. The van der Waals surface area contributed by atoms with Crippen LogP contribution in [0.15, 0.2) is 10.1 Å². The molecule has 8 heteroatoms. The Balaban J connectivity index is 2.78. The van der Waals surface area contributed by atoms with Gasteiger partial charge in [0.05, 0.1) is 0 Å². The molecule has 0 unspecified atom stereocenters. The van der Waals surface area contributed by atoms with Crippen LogP contribution in [0.5, 0.6) is 0 Å². The van der Waals surface area contributed by atoms with Gasteiger partial charge >= 0.3 is 11.9 Å². The number of ketones is 2. The summed E-state index contributed by atoms with van der Waals surface area (Å²) in [6.45, 7) is 0.976. The Hall–Kier alpha value is -1.40. The van der Waals surface area contributed by atoms with Gasteiger partial charge in [-0.3, -0.25) is 9.59 Å². The molecule has 1 aliphatic carbocycles. The molecule has 0 fully saturated rings. The van der Waals surface area contributed by atoms with Crippen LogP contribution in [0.2, 0.25) is 0 Å². The van der Waals surface area contributed by atoms with Crippen molar-refractivity contribution in [2.75, 3.05) is 0 Å². The third kappa shape index (κ3) is 2.23. The van der Waals surface area contributed by atoms with Crippen LogP contribution in [0.1, 0.15) is 6.92 Å². The summed E-state index contributed by atoms with van der Waals surface area (Å²) in [7, 11) is 0. The molecule has 0 N–H and O–H groups in total. The smallest absolute Gasteiger partial charge is 0.292 e. The molecule has 0 aromatic heterocycles. The van der Waals surface area contributed by atoms with Gasteiger partial charge in [-0.05, 0) is 0 Å². The van der Waals surface area contributed by atoms with Crippen LogP contribution in [-0.2, 0) is 29.0 Å². The zero-order valence-corrected chi connectivity index (χ0v) is 9.29. The van der Waals surface area contributed by atoms with Gasteiger partial charge in [-0.1, -0.05) is 23.2 Å². The highest BCUT2D eigenvalue weighted by Gasteiger charge is 2.46. The number of carbonyl (C=O) groups is 4. The fraction of sp³-hybridized carbons (Fsp3) is 0.250. The van der Waals surface area contributed by atoms with E-state index in [4.69, 9.17) is 23.2 Å². The lowest BCUT2D eigenvalue weighted by atomic mass is 10.1. The summed E-state index contributed by atoms with van der Waals surface area (Å²) in [6.07, 6.45) is 0. The van der Waals surface area contributed by atoms with E-state index in [1.54, 1.807) is 0 Å². The minimum Gasteiger partial charge on any atom is -0.292 e. The summed E-state index contributed by atoms with van der Waals surface area (Å²) >= 11 is 10.7. The van der Waals surface area contributed by atoms with E-state index in [1.807, 2.05) is 0 Å². The highest BCUT2D eigenvalue weighted by molar-refractivity contribution is 6.61. The fourth-order valence-electron chi connectivity index (χ4n) is 0.951. The molecule has 0 heterocycles. The number of allylic oxidation sites excluding steroid dienone is 2. The van der Waals surface area contributed by atoms with Crippen LogP contribution in [0.3, 0.4) is 0 Å². The van der Waals surface area contributed by atoms with Gasteiger partial charge in [0.15, 0.2) is 17.5 Å². The Kier molecular flexibility index (Phi) is 3.66. The second-order valence-electron chi connectivity index (χ2n) is 2.77. The predicted octanol–water partition coefficient (Wildman–Crippen LogP) is 0.465. The molecule has 86 valence electrons. The van der Waals surface area contributed by atoms with Gasteiger partial charge in [0.2, 0.25) is 0 Å². The maximum absolute atomic E-state index is 11.3. The van der Waals surface area contributed by atoms with Crippen LogP contribution in [0.4, 0.5) is 0 Å². The summed E-state index contributed by atoms with van der Waals surface area (Å²) in [5.41, 5.74) is 0. The number of hydrogen-bond donors (Lipinski definition) is 0.